The highest BCUT2D eigenvalue weighted by molar-refractivity contribution is 9.11. The molecule has 1 aromatic heterocycles. The smallest absolute Gasteiger partial charge is 0.124 e. The van der Waals surface area contributed by atoms with Crippen LogP contribution in [0.2, 0.25) is 0 Å². The minimum Gasteiger partial charge on any atom is -0.497 e. The van der Waals surface area contributed by atoms with Gasteiger partial charge in [-0.05, 0) is 52.7 Å². The van der Waals surface area contributed by atoms with Gasteiger partial charge >= 0.3 is 0 Å². The van der Waals surface area contributed by atoms with E-state index in [0.717, 1.165) is 26.4 Å². The fourth-order valence-corrected chi connectivity index (χ4v) is 4.13. The van der Waals surface area contributed by atoms with E-state index in [1.807, 2.05) is 18.2 Å². The van der Waals surface area contributed by atoms with Crippen molar-refractivity contribution in [2.24, 2.45) is 0 Å². The van der Waals surface area contributed by atoms with Crippen LogP contribution in [0, 0.1) is 6.92 Å². The van der Waals surface area contributed by atoms with E-state index in [4.69, 9.17) is 21.1 Å². The van der Waals surface area contributed by atoms with Gasteiger partial charge in [-0.15, -0.1) is 22.9 Å². The largest absolute Gasteiger partial charge is 0.497 e. The van der Waals surface area contributed by atoms with Crippen LogP contribution in [0.25, 0.3) is 0 Å². The molecule has 19 heavy (non-hydrogen) atoms. The number of aryl methyl sites for hydroxylation is 1. The maximum Gasteiger partial charge on any atom is 0.124 e. The lowest BCUT2D eigenvalue weighted by atomic mass is 10.0. The molecule has 0 amide bonds. The van der Waals surface area contributed by atoms with Crippen LogP contribution in [0.15, 0.2) is 28.1 Å². The Morgan fingerprint density at radius 1 is 1.16 bits per heavy atom. The second-order valence-electron chi connectivity index (χ2n) is 4.03. The van der Waals surface area contributed by atoms with Gasteiger partial charge in [0.2, 0.25) is 0 Å². The predicted molar refractivity (Wildman–Crippen MR) is 84.0 cm³/mol. The van der Waals surface area contributed by atoms with Gasteiger partial charge in [-0.1, -0.05) is 0 Å². The predicted octanol–water partition coefficient (Wildman–Crippen LogP) is 5.16. The molecule has 0 radical (unpaired) electrons. The normalized spacial score (nSPS) is 12.3. The summed E-state index contributed by atoms with van der Waals surface area (Å²) in [5, 5.41) is -0.257. The number of rotatable bonds is 4. The van der Waals surface area contributed by atoms with E-state index in [1.165, 1.54) is 4.88 Å². The van der Waals surface area contributed by atoms with Gasteiger partial charge < -0.3 is 9.47 Å². The molecule has 0 N–H and O–H groups in total. The van der Waals surface area contributed by atoms with Crippen molar-refractivity contribution in [3.63, 3.8) is 0 Å². The van der Waals surface area contributed by atoms with Gasteiger partial charge in [-0.2, -0.15) is 0 Å². The van der Waals surface area contributed by atoms with Gasteiger partial charge in [0.15, 0.2) is 0 Å². The monoisotopic (exact) mass is 360 g/mol. The summed E-state index contributed by atoms with van der Waals surface area (Å²) in [5.41, 5.74) is 2.00. The number of benzene rings is 1. The van der Waals surface area contributed by atoms with Gasteiger partial charge in [0.05, 0.1) is 23.4 Å². The first kappa shape index (κ1) is 14.7. The molecule has 0 aliphatic heterocycles. The van der Waals surface area contributed by atoms with E-state index >= 15 is 0 Å². The fraction of sp³-hybridized carbons (Fsp3) is 0.286. The maximum absolute atomic E-state index is 6.61. The summed E-state index contributed by atoms with van der Waals surface area (Å²) >= 11 is 11.8. The van der Waals surface area contributed by atoms with E-state index in [2.05, 4.69) is 28.9 Å². The van der Waals surface area contributed by atoms with E-state index in [1.54, 1.807) is 25.6 Å². The molecule has 0 aliphatic rings. The van der Waals surface area contributed by atoms with Crippen LogP contribution < -0.4 is 9.47 Å². The van der Waals surface area contributed by atoms with E-state index in [-0.39, 0.29) is 5.38 Å². The first-order chi connectivity index (χ1) is 9.06. The second-order valence-corrected chi connectivity index (χ2v) is 7.10. The highest BCUT2D eigenvalue weighted by Crippen LogP contribution is 2.41. The highest BCUT2D eigenvalue weighted by atomic mass is 79.9. The van der Waals surface area contributed by atoms with Crippen LogP contribution >= 0.6 is 38.9 Å². The van der Waals surface area contributed by atoms with Crippen molar-refractivity contribution in [2.75, 3.05) is 14.2 Å². The van der Waals surface area contributed by atoms with Gasteiger partial charge in [0.25, 0.3) is 0 Å². The van der Waals surface area contributed by atoms with Crippen LogP contribution in [-0.2, 0) is 0 Å². The lowest BCUT2D eigenvalue weighted by Gasteiger charge is -2.15. The summed E-state index contributed by atoms with van der Waals surface area (Å²) in [7, 11) is 3.28. The number of halogens is 2. The molecule has 5 heteroatoms. The van der Waals surface area contributed by atoms with Crippen LogP contribution in [0.5, 0.6) is 11.5 Å². The molecule has 1 aromatic carbocycles. The average Bonchev–Trinajstić information content (AvgIpc) is 2.76. The Hall–Kier alpha value is -0.710. The standard InChI is InChI=1S/C14H14BrClO2S/c1-8-10(7-13(15)19-8)14(16)11-6-9(17-2)4-5-12(11)18-3/h4-7,14H,1-3H3. The van der Waals surface area contributed by atoms with E-state index in [0.29, 0.717) is 0 Å². The van der Waals surface area contributed by atoms with Crippen LogP contribution in [0.3, 0.4) is 0 Å². The number of hydrogen-bond acceptors (Lipinski definition) is 3. The summed E-state index contributed by atoms with van der Waals surface area (Å²) < 4.78 is 11.7. The molecule has 2 aromatic rings. The number of thiophene rings is 1. The lowest BCUT2D eigenvalue weighted by molar-refractivity contribution is 0.399. The fourth-order valence-electron chi connectivity index (χ4n) is 1.92. The molecule has 0 aliphatic carbocycles. The Bertz CT molecular complexity index is 583. The second kappa shape index (κ2) is 6.16. The molecule has 0 saturated carbocycles. The molecule has 0 saturated heterocycles. The zero-order valence-electron chi connectivity index (χ0n) is 10.9. The number of hydrogen-bond donors (Lipinski definition) is 0. The molecule has 102 valence electrons. The molecule has 2 nitrogen and oxygen atoms in total. The summed E-state index contributed by atoms with van der Waals surface area (Å²) in [4.78, 5) is 1.19. The van der Waals surface area contributed by atoms with Crippen LogP contribution in [0.1, 0.15) is 21.4 Å². The minimum absolute atomic E-state index is 0.257. The topological polar surface area (TPSA) is 18.5 Å². The average molecular weight is 362 g/mol. The Kier molecular flexibility index (Phi) is 4.76. The quantitative estimate of drug-likeness (QED) is 0.700. The zero-order valence-corrected chi connectivity index (χ0v) is 14.0. The van der Waals surface area contributed by atoms with Crippen molar-refractivity contribution in [3.05, 3.63) is 44.1 Å². The third kappa shape index (κ3) is 3.07. The number of ether oxygens (including phenoxy) is 2. The summed E-state index contributed by atoms with van der Waals surface area (Å²) in [6.07, 6.45) is 0. The van der Waals surface area contributed by atoms with Crippen molar-refractivity contribution in [3.8, 4) is 11.5 Å². The van der Waals surface area contributed by atoms with Gasteiger partial charge in [-0.3, -0.25) is 0 Å². The molecular formula is C14H14BrClO2S. The molecule has 0 fully saturated rings. The first-order valence-electron chi connectivity index (χ1n) is 5.68. The van der Waals surface area contributed by atoms with Crippen molar-refractivity contribution < 1.29 is 9.47 Å². The number of methoxy groups -OCH3 is 2. The molecule has 0 bridgehead atoms. The summed E-state index contributed by atoms with van der Waals surface area (Å²) in [6, 6.07) is 7.71. The van der Waals surface area contributed by atoms with Crippen molar-refractivity contribution in [1.82, 2.24) is 0 Å². The lowest BCUT2D eigenvalue weighted by Crippen LogP contribution is -1.98. The molecule has 1 atom stereocenters. The van der Waals surface area contributed by atoms with Crippen molar-refractivity contribution >= 4 is 38.9 Å². The van der Waals surface area contributed by atoms with Crippen LogP contribution in [-0.4, -0.2) is 14.2 Å². The molecular weight excluding hydrogens is 348 g/mol. The van der Waals surface area contributed by atoms with Crippen molar-refractivity contribution in [2.45, 2.75) is 12.3 Å². The molecule has 1 unspecified atom stereocenters. The minimum atomic E-state index is -0.257. The highest BCUT2D eigenvalue weighted by Gasteiger charge is 2.20. The third-order valence-corrected chi connectivity index (χ3v) is 4.95. The zero-order chi connectivity index (χ0) is 14.0. The SMILES string of the molecule is COc1ccc(OC)c(C(Cl)c2cc(Br)sc2C)c1. The van der Waals surface area contributed by atoms with Gasteiger partial charge in [0, 0.05) is 10.4 Å². The molecule has 1 heterocycles. The summed E-state index contributed by atoms with van der Waals surface area (Å²) in [5.74, 6) is 1.54. The molecule has 2 rings (SSSR count). The van der Waals surface area contributed by atoms with E-state index in [9.17, 15) is 0 Å². The van der Waals surface area contributed by atoms with Crippen LogP contribution in [0.4, 0.5) is 0 Å². The van der Waals surface area contributed by atoms with Gasteiger partial charge in [-0.25, -0.2) is 0 Å². The Labute approximate surface area is 130 Å². The maximum atomic E-state index is 6.61. The van der Waals surface area contributed by atoms with Gasteiger partial charge in [0.1, 0.15) is 11.5 Å². The van der Waals surface area contributed by atoms with Crippen molar-refractivity contribution in [1.29, 1.82) is 0 Å². The third-order valence-electron chi connectivity index (χ3n) is 2.91. The molecule has 0 spiro atoms. The Balaban J connectivity index is 2.47. The van der Waals surface area contributed by atoms with E-state index < -0.39 is 0 Å². The summed E-state index contributed by atoms with van der Waals surface area (Å²) in [6.45, 7) is 2.06. The number of alkyl halides is 1. The Morgan fingerprint density at radius 3 is 2.42 bits per heavy atom. The Morgan fingerprint density at radius 2 is 1.89 bits per heavy atom. The first-order valence-corrected chi connectivity index (χ1v) is 7.73.